The first-order chi connectivity index (χ1) is 12.8. The number of anilines is 1. The van der Waals surface area contributed by atoms with Gasteiger partial charge < -0.3 is 0 Å². The summed E-state index contributed by atoms with van der Waals surface area (Å²) in [7, 11) is -4.19. The highest BCUT2D eigenvalue weighted by Gasteiger charge is 2.26. The molecule has 0 unspecified atom stereocenters. The molecule has 2 aromatic carbocycles. The molecule has 0 atom stereocenters. The minimum absolute atomic E-state index is 0.0297. The Kier molecular flexibility index (Phi) is 5.49. The normalized spacial score (nSPS) is 11.3. The van der Waals surface area contributed by atoms with Crippen molar-refractivity contribution in [3.63, 3.8) is 0 Å². The van der Waals surface area contributed by atoms with Crippen LogP contribution in [-0.4, -0.2) is 23.1 Å². The second-order valence-electron chi connectivity index (χ2n) is 5.48. The summed E-state index contributed by atoms with van der Waals surface area (Å²) < 4.78 is 29.4. The quantitative estimate of drug-likeness (QED) is 0.431. The van der Waals surface area contributed by atoms with Crippen molar-refractivity contribution in [2.24, 2.45) is 0 Å². The number of nitro benzene ring substituents is 1. The minimum atomic E-state index is -4.19. The molecule has 8 nitrogen and oxygen atoms in total. The van der Waals surface area contributed by atoms with Crippen LogP contribution in [0, 0.1) is 10.1 Å². The Bertz CT molecular complexity index is 1100. The average molecular weight is 472 g/mol. The van der Waals surface area contributed by atoms with Gasteiger partial charge in [-0.25, -0.2) is 8.42 Å². The lowest BCUT2D eigenvalue weighted by molar-refractivity contribution is -0.387. The van der Waals surface area contributed by atoms with Crippen molar-refractivity contribution in [3.05, 3.63) is 79.9 Å². The lowest BCUT2D eigenvalue weighted by Gasteiger charge is -2.06. The van der Waals surface area contributed by atoms with Crippen LogP contribution in [0.1, 0.15) is 5.56 Å². The second kappa shape index (κ2) is 7.67. The van der Waals surface area contributed by atoms with Crippen molar-refractivity contribution in [2.75, 3.05) is 4.72 Å². The Morgan fingerprint density at radius 1 is 1.19 bits per heavy atom. The van der Waals surface area contributed by atoms with Crippen LogP contribution in [0.25, 0.3) is 0 Å². The molecular formula is C16H12BrClN4O4S. The van der Waals surface area contributed by atoms with Gasteiger partial charge in [-0.3, -0.25) is 19.5 Å². The van der Waals surface area contributed by atoms with Gasteiger partial charge in [-0.1, -0.05) is 35.9 Å². The Morgan fingerprint density at radius 3 is 2.52 bits per heavy atom. The molecule has 0 saturated heterocycles. The van der Waals surface area contributed by atoms with E-state index in [0.717, 1.165) is 11.6 Å². The number of para-hydroxylation sites is 1. The minimum Gasteiger partial charge on any atom is -0.265 e. The number of nitro groups is 1. The molecule has 1 heterocycles. The van der Waals surface area contributed by atoms with Crippen molar-refractivity contribution in [1.82, 2.24) is 9.78 Å². The Morgan fingerprint density at radius 2 is 1.85 bits per heavy atom. The summed E-state index contributed by atoms with van der Waals surface area (Å²) in [6.45, 7) is 0.392. The van der Waals surface area contributed by atoms with E-state index in [9.17, 15) is 18.5 Å². The van der Waals surface area contributed by atoms with Gasteiger partial charge in [0.1, 0.15) is 0 Å². The smallest absolute Gasteiger partial charge is 0.265 e. The zero-order chi connectivity index (χ0) is 19.6. The predicted molar refractivity (Wildman–Crippen MR) is 104 cm³/mol. The van der Waals surface area contributed by atoms with Crippen LogP contribution < -0.4 is 4.72 Å². The van der Waals surface area contributed by atoms with Crippen molar-refractivity contribution >= 4 is 49.1 Å². The molecule has 0 aliphatic carbocycles. The molecule has 0 bridgehead atoms. The third kappa shape index (κ3) is 4.46. The zero-order valence-electron chi connectivity index (χ0n) is 13.5. The fourth-order valence-electron chi connectivity index (χ4n) is 2.34. The highest BCUT2D eigenvalue weighted by molar-refractivity contribution is 9.10. The number of aromatic nitrogens is 2. The van der Waals surface area contributed by atoms with Crippen LogP contribution in [-0.2, 0) is 16.6 Å². The van der Waals surface area contributed by atoms with Gasteiger partial charge in [0.05, 0.1) is 15.9 Å². The summed E-state index contributed by atoms with van der Waals surface area (Å²) in [6, 6.07) is 12.2. The first-order valence-corrected chi connectivity index (χ1v) is 10.2. The Balaban J connectivity index is 1.86. The van der Waals surface area contributed by atoms with E-state index >= 15 is 0 Å². The van der Waals surface area contributed by atoms with Crippen LogP contribution in [0.5, 0.6) is 0 Å². The summed E-state index contributed by atoms with van der Waals surface area (Å²) in [5.41, 5.74) is 0.407. The maximum absolute atomic E-state index is 12.6. The summed E-state index contributed by atoms with van der Waals surface area (Å²) in [5.74, 6) is 0.0297. The van der Waals surface area contributed by atoms with E-state index in [2.05, 4.69) is 25.8 Å². The fraction of sp³-hybridized carbons (Fsp3) is 0.0625. The van der Waals surface area contributed by atoms with E-state index in [-0.39, 0.29) is 5.82 Å². The van der Waals surface area contributed by atoms with Gasteiger partial charge in [0.2, 0.25) is 0 Å². The zero-order valence-corrected chi connectivity index (χ0v) is 16.7. The van der Waals surface area contributed by atoms with Gasteiger partial charge in [0.25, 0.3) is 15.7 Å². The summed E-state index contributed by atoms with van der Waals surface area (Å²) in [4.78, 5) is 9.91. The largest absolute Gasteiger partial charge is 0.289 e. The molecule has 0 aliphatic rings. The summed E-state index contributed by atoms with van der Waals surface area (Å²) in [5, 5.41) is 15.9. The third-order valence-corrected chi connectivity index (χ3v) is 5.78. The third-order valence-electron chi connectivity index (χ3n) is 3.56. The van der Waals surface area contributed by atoms with Gasteiger partial charge in [-0.05, 0) is 39.7 Å². The molecule has 0 aliphatic heterocycles. The number of nitrogens with one attached hydrogen (secondary N) is 1. The molecule has 27 heavy (non-hydrogen) atoms. The van der Waals surface area contributed by atoms with Crippen molar-refractivity contribution in [1.29, 1.82) is 0 Å². The fourth-order valence-corrected chi connectivity index (χ4v) is 4.20. The first-order valence-electron chi connectivity index (χ1n) is 7.50. The van der Waals surface area contributed by atoms with Crippen LogP contribution >= 0.6 is 27.5 Å². The number of sulfonamides is 1. The molecule has 1 N–H and O–H groups in total. The molecule has 11 heteroatoms. The highest BCUT2D eigenvalue weighted by atomic mass is 79.9. The van der Waals surface area contributed by atoms with Crippen LogP contribution in [0.15, 0.2) is 64.1 Å². The second-order valence-corrected chi connectivity index (χ2v) is 8.42. The maximum Gasteiger partial charge on any atom is 0.289 e. The van der Waals surface area contributed by atoms with E-state index in [0.29, 0.717) is 16.0 Å². The Labute approximate surface area is 168 Å². The molecule has 1 aromatic heterocycles. The van der Waals surface area contributed by atoms with Crippen LogP contribution in [0.3, 0.4) is 0 Å². The molecule has 0 spiro atoms. The number of nitrogens with zero attached hydrogens (tertiary/aromatic N) is 3. The van der Waals surface area contributed by atoms with Gasteiger partial charge in [0, 0.05) is 17.3 Å². The number of halogens is 2. The highest BCUT2D eigenvalue weighted by Crippen LogP contribution is 2.28. The van der Waals surface area contributed by atoms with Crippen LogP contribution in [0.4, 0.5) is 11.5 Å². The molecule has 3 aromatic rings. The SMILES string of the molecule is O=[N+]([O-])c1ccccc1S(=O)(=O)Nc1nn(Cc2ccc(Cl)cc2)cc1Br. The lowest BCUT2D eigenvalue weighted by atomic mass is 10.2. The molecule has 0 saturated carbocycles. The average Bonchev–Trinajstić information content (AvgIpc) is 2.95. The molecule has 3 rings (SSSR count). The van der Waals surface area contributed by atoms with E-state index in [1.54, 1.807) is 18.3 Å². The van der Waals surface area contributed by atoms with E-state index in [1.165, 1.54) is 22.9 Å². The molecule has 0 fully saturated rings. The molecular weight excluding hydrogens is 460 g/mol. The topological polar surface area (TPSA) is 107 Å². The first kappa shape index (κ1) is 19.3. The van der Waals surface area contributed by atoms with Crippen molar-refractivity contribution in [3.8, 4) is 0 Å². The van der Waals surface area contributed by atoms with Crippen molar-refractivity contribution < 1.29 is 13.3 Å². The molecule has 140 valence electrons. The summed E-state index contributed by atoms with van der Waals surface area (Å²) in [6.07, 6.45) is 1.60. The van der Waals surface area contributed by atoms with Crippen LogP contribution in [0.2, 0.25) is 5.02 Å². The maximum atomic E-state index is 12.6. The molecule has 0 amide bonds. The van der Waals surface area contributed by atoms with E-state index in [1.807, 2.05) is 12.1 Å². The van der Waals surface area contributed by atoms with Gasteiger partial charge in [-0.2, -0.15) is 5.10 Å². The van der Waals surface area contributed by atoms with Gasteiger partial charge in [-0.15, -0.1) is 0 Å². The monoisotopic (exact) mass is 470 g/mol. The molecule has 0 radical (unpaired) electrons. The van der Waals surface area contributed by atoms with E-state index in [4.69, 9.17) is 11.6 Å². The Hall–Kier alpha value is -2.43. The standard InChI is InChI=1S/C16H12BrClN4O4S/c17-13-10-21(9-11-5-7-12(18)8-6-11)19-16(13)20-27(25,26)15-4-2-1-3-14(15)22(23)24/h1-8,10H,9H2,(H,19,20). The number of hydrogen-bond acceptors (Lipinski definition) is 5. The van der Waals surface area contributed by atoms with Crippen molar-refractivity contribution in [2.45, 2.75) is 11.4 Å². The number of benzene rings is 2. The lowest BCUT2D eigenvalue weighted by Crippen LogP contribution is -2.15. The van der Waals surface area contributed by atoms with Gasteiger partial charge >= 0.3 is 0 Å². The van der Waals surface area contributed by atoms with E-state index < -0.39 is 25.5 Å². The predicted octanol–water partition coefficient (Wildman–Crippen LogP) is 4.06. The van der Waals surface area contributed by atoms with Gasteiger partial charge in [0.15, 0.2) is 10.7 Å². The number of hydrogen-bond donors (Lipinski definition) is 1. The summed E-state index contributed by atoms with van der Waals surface area (Å²) >= 11 is 9.10. The number of rotatable bonds is 6.